The smallest absolute Gasteiger partial charge is 0.171 e. The minimum atomic E-state index is -0.252. The van der Waals surface area contributed by atoms with Gasteiger partial charge in [-0.15, -0.1) is 5.10 Å². The minimum absolute atomic E-state index is 0.252. The number of hydrogen-bond acceptors (Lipinski definition) is 4. The maximum absolute atomic E-state index is 6.10. The molecule has 0 amide bonds. The molecule has 0 aliphatic heterocycles. The van der Waals surface area contributed by atoms with Gasteiger partial charge in [-0.1, -0.05) is 19.3 Å². The monoisotopic (exact) mass is 218 g/mol. The van der Waals surface area contributed by atoms with E-state index < -0.39 is 0 Å². The quantitative estimate of drug-likeness (QED) is 0.823. The van der Waals surface area contributed by atoms with Gasteiger partial charge in [-0.25, -0.2) is 4.98 Å². The fourth-order valence-electron chi connectivity index (χ4n) is 2.48. The predicted octanol–water partition coefficient (Wildman–Crippen LogP) is 1.87. The summed E-state index contributed by atoms with van der Waals surface area (Å²) >= 11 is 0. The second kappa shape index (κ2) is 3.77. The van der Waals surface area contributed by atoms with Crippen molar-refractivity contribution in [3.8, 4) is 0 Å². The Morgan fingerprint density at radius 1 is 1.19 bits per heavy atom. The second-order valence-corrected chi connectivity index (χ2v) is 5.20. The van der Waals surface area contributed by atoms with Crippen molar-refractivity contribution in [3.05, 3.63) is 17.7 Å². The van der Waals surface area contributed by atoms with Crippen LogP contribution < -0.4 is 5.73 Å². The molecule has 2 fully saturated rings. The molecule has 2 aliphatic rings. The highest BCUT2D eigenvalue weighted by molar-refractivity contribution is 5.16. The molecule has 86 valence electrons. The SMILES string of the molecule is NC1(c2nncc(C3CCCCC3)n2)CC1. The molecule has 1 aromatic heterocycles. The third-order valence-electron chi connectivity index (χ3n) is 3.83. The topological polar surface area (TPSA) is 64.7 Å². The summed E-state index contributed by atoms with van der Waals surface area (Å²) in [6, 6.07) is 0. The zero-order valence-corrected chi connectivity index (χ0v) is 9.52. The van der Waals surface area contributed by atoms with Crippen LogP contribution in [0.2, 0.25) is 0 Å². The van der Waals surface area contributed by atoms with Crippen LogP contribution in [0.5, 0.6) is 0 Å². The molecule has 2 aliphatic carbocycles. The van der Waals surface area contributed by atoms with Gasteiger partial charge in [0.25, 0.3) is 0 Å². The molecular formula is C12H18N4. The standard InChI is InChI=1S/C12H18N4/c13-12(6-7-12)11-15-10(8-14-16-11)9-4-2-1-3-5-9/h8-9H,1-7,13H2. The zero-order valence-electron chi connectivity index (χ0n) is 9.52. The van der Waals surface area contributed by atoms with Gasteiger partial charge in [0.15, 0.2) is 5.82 Å². The third kappa shape index (κ3) is 1.82. The summed E-state index contributed by atoms with van der Waals surface area (Å²) in [5.74, 6) is 1.35. The second-order valence-electron chi connectivity index (χ2n) is 5.20. The fourth-order valence-corrected chi connectivity index (χ4v) is 2.48. The summed E-state index contributed by atoms with van der Waals surface area (Å²) in [4.78, 5) is 4.63. The first-order valence-electron chi connectivity index (χ1n) is 6.27. The average molecular weight is 218 g/mol. The minimum Gasteiger partial charge on any atom is -0.319 e. The molecule has 1 heterocycles. The fraction of sp³-hybridized carbons (Fsp3) is 0.750. The molecule has 3 rings (SSSR count). The Labute approximate surface area is 95.7 Å². The molecule has 0 spiro atoms. The van der Waals surface area contributed by atoms with E-state index in [1.165, 1.54) is 32.1 Å². The van der Waals surface area contributed by atoms with E-state index in [0.29, 0.717) is 5.92 Å². The lowest BCUT2D eigenvalue weighted by atomic mass is 9.87. The van der Waals surface area contributed by atoms with Crippen molar-refractivity contribution in [1.82, 2.24) is 15.2 Å². The summed E-state index contributed by atoms with van der Waals surface area (Å²) in [6.07, 6.45) is 10.3. The highest BCUT2D eigenvalue weighted by Crippen LogP contribution is 2.41. The average Bonchev–Trinajstić information content (AvgIpc) is 3.10. The van der Waals surface area contributed by atoms with Crippen molar-refractivity contribution in [2.45, 2.75) is 56.4 Å². The van der Waals surface area contributed by atoms with E-state index in [-0.39, 0.29) is 5.54 Å². The highest BCUT2D eigenvalue weighted by atomic mass is 15.2. The number of rotatable bonds is 2. The molecule has 2 saturated carbocycles. The van der Waals surface area contributed by atoms with Crippen molar-refractivity contribution in [2.75, 3.05) is 0 Å². The molecule has 2 N–H and O–H groups in total. The Balaban J connectivity index is 1.84. The van der Waals surface area contributed by atoms with Crippen molar-refractivity contribution in [2.24, 2.45) is 5.73 Å². The summed E-state index contributed by atoms with van der Waals surface area (Å²) in [5.41, 5.74) is 6.96. The molecule has 16 heavy (non-hydrogen) atoms. The highest BCUT2D eigenvalue weighted by Gasteiger charge is 2.43. The third-order valence-corrected chi connectivity index (χ3v) is 3.83. The van der Waals surface area contributed by atoms with E-state index >= 15 is 0 Å². The van der Waals surface area contributed by atoms with Crippen LogP contribution in [0.3, 0.4) is 0 Å². The van der Waals surface area contributed by atoms with Crippen LogP contribution in [0.25, 0.3) is 0 Å². The van der Waals surface area contributed by atoms with Gasteiger partial charge in [-0.2, -0.15) is 5.10 Å². The Bertz CT molecular complexity index is 380. The van der Waals surface area contributed by atoms with Gasteiger partial charge in [0.1, 0.15) is 0 Å². The van der Waals surface area contributed by atoms with Gasteiger partial charge in [0.05, 0.1) is 17.4 Å². The maximum Gasteiger partial charge on any atom is 0.171 e. The van der Waals surface area contributed by atoms with Gasteiger partial charge < -0.3 is 5.73 Å². The van der Waals surface area contributed by atoms with Crippen LogP contribution in [-0.2, 0) is 5.54 Å². The Morgan fingerprint density at radius 2 is 1.94 bits per heavy atom. The zero-order chi connectivity index (χ0) is 11.0. The first kappa shape index (κ1) is 10.1. The van der Waals surface area contributed by atoms with E-state index in [0.717, 1.165) is 24.4 Å². The van der Waals surface area contributed by atoms with Gasteiger partial charge in [0, 0.05) is 5.92 Å². The Hall–Kier alpha value is -1.03. The van der Waals surface area contributed by atoms with Gasteiger partial charge >= 0.3 is 0 Å². The van der Waals surface area contributed by atoms with Crippen molar-refractivity contribution >= 4 is 0 Å². The molecule has 4 heteroatoms. The maximum atomic E-state index is 6.10. The molecule has 0 radical (unpaired) electrons. The lowest BCUT2D eigenvalue weighted by Crippen LogP contribution is -2.24. The lowest BCUT2D eigenvalue weighted by Gasteiger charge is -2.21. The van der Waals surface area contributed by atoms with Crippen LogP contribution in [0.1, 0.15) is 62.4 Å². The van der Waals surface area contributed by atoms with E-state index in [1.807, 2.05) is 6.20 Å². The summed E-state index contributed by atoms with van der Waals surface area (Å²) in [7, 11) is 0. The van der Waals surface area contributed by atoms with Crippen LogP contribution in [-0.4, -0.2) is 15.2 Å². The number of nitrogens with two attached hydrogens (primary N) is 1. The van der Waals surface area contributed by atoms with E-state index in [1.54, 1.807) is 0 Å². The van der Waals surface area contributed by atoms with E-state index in [9.17, 15) is 0 Å². The van der Waals surface area contributed by atoms with Gasteiger partial charge in [0.2, 0.25) is 0 Å². The van der Waals surface area contributed by atoms with E-state index in [2.05, 4.69) is 15.2 Å². The molecule has 0 aromatic carbocycles. The van der Waals surface area contributed by atoms with Crippen molar-refractivity contribution < 1.29 is 0 Å². The van der Waals surface area contributed by atoms with Crippen LogP contribution in [0.15, 0.2) is 6.20 Å². The van der Waals surface area contributed by atoms with Crippen LogP contribution in [0.4, 0.5) is 0 Å². The first-order valence-corrected chi connectivity index (χ1v) is 6.27. The number of nitrogens with zero attached hydrogens (tertiary/aromatic N) is 3. The molecule has 0 bridgehead atoms. The summed E-state index contributed by atoms with van der Waals surface area (Å²) in [5, 5.41) is 8.16. The van der Waals surface area contributed by atoms with Crippen LogP contribution in [0, 0.1) is 0 Å². The lowest BCUT2D eigenvalue weighted by molar-refractivity contribution is 0.431. The van der Waals surface area contributed by atoms with Gasteiger partial charge in [-0.05, 0) is 25.7 Å². The van der Waals surface area contributed by atoms with E-state index in [4.69, 9.17) is 5.73 Å². The molecule has 0 saturated heterocycles. The molecule has 1 aromatic rings. The molecular weight excluding hydrogens is 200 g/mol. The Kier molecular flexibility index (Phi) is 2.39. The normalized spacial score (nSPS) is 24.3. The Morgan fingerprint density at radius 3 is 2.62 bits per heavy atom. The molecule has 0 unspecified atom stereocenters. The van der Waals surface area contributed by atoms with Crippen molar-refractivity contribution in [3.63, 3.8) is 0 Å². The molecule has 4 nitrogen and oxygen atoms in total. The summed E-state index contributed by atoms with van der Waals surface area (Å²) < 4.78 is 0. The number of hydrogen-bond donors (Lipinski definition) is 1. The largest absolute Gasteiger partial charge is 0.319 e. The first-order chi connectivity index (χ1) is 7.78. The van der Waals surface area contributed by atoms with Gasteiger partial charge in [-0.3, -0.25) is 0 Å². The van der Waals surface area contributed by atoms with Crippen LogP contribution >= 0.6 is 0 Å². The number of aromatic nitrogens is 3. The van der Waals surface area contributed by atoms with Crippen molar-refractivity contribution in [1.29, 1.82) is 0 Å². The summed E-state index contributed by atoms with van der Waals surface area (Å²) in [6.45, 7) is 0. The molecule has 0 atom stereocenters. The predicted molar refractivity (Wildman–Crippen MR) is 60.8 cm³/mol.